The molecule has 1 saturated heterocycles. The van der Waals surface area contributed by atoms with Crippen molar-refractivity contribution >= 4 is 0 Å². The molecule has 1 aromatic carbocycles. The Morgan fingerprint density at radius 3 is 1.80 bits per heavy atom. The van der Waals surface area contributed by atoms with Gasteiger partial charge in [0, 0.05) is 5.56 Å². The second-order valence-electron chi connectivity index (χ2n) is 3.15. The molecular weight excluding hydrogens is 219 g/mol. The number of halogens is 5. The Morgan fingerprint density at radius 1 is 0.867 bits per heavy atom. The molecule has 0 amide bonds. The van der Waals surface area contributed by atoms with Gasteiger partial charge < -0.3 is 0 Å². The second-order valence-corrected chi connectivity index (χ2v) is 3.15. The van der Waals surface area contributed by atoms with Crippen LogP contribution < -0.4 is 0 Å². The molecule has 1 aliphatic rings. The minimum Gasteiger partial charge on any atom is -0.268 e. The molecule has 1 heterocycles. The average molecular weight is 224 g/mol. The van der Waals surface area contributed by atoms with Crippen LogP contribution in [0.4, 0.5) is 22.0 Å². The van der Waals surface area contributed by atoms with Crippen LogP contribution in [0.5, 0.6) is 0 Å². The maximum Gasteiger partial charge on any atom is 0.428 e. The van der Waals surface area contributed by atoms with Crippen LogP contribution in [0, 0.1) is 0 Å². The first kappa shape index (κ1) is 10.4. The van der Waals surface area contributed by atoms with Gasteiger partial charge in [-0.3, -0.25) is 4.74 Å². The highest BCUT2D eigenvalue weighted by molar-refractivity contribution is 5.26. The standard InChI is InChI=1S/C9H5F5O/c10-7(6-4-2-1-3-5-6)8(11,12)9(13,14)15-7/h1-5H. The lowest BCUT2D eigenvalue weighted by molar-refractivity contribution is -0.557. The van der Waals surface area contributed by atoms with Gasteiger partial charge in [0.25, 0.3) is 0 Å². The third-order valence-electron chi connectivity index (χ3n) is 2.18. The molecule has 82 valence electrons. The highest BCUT2D eigenvalue weighted by atomic mass is 19.3. The van der Waals surface area contributed by atoms with Crippen LogP contribution in [-0.2, 0) is 10.6 Å². The van der Waals surface area contributed by atoms with E-state index in [4.69, 9.17) is 0 Å². The largest absolute Gasteiger partial charge is 0.428 e. The normalized spacial score (nSPS) is 32.1. The van der Waals surface area contributed by atoms with Gasteiger partial charge >= 0.3 is 17.9 Å². The molecule has 1 fully saturated rings. The fourth-order valence-electron chi connectivity index (χ4n) is 1.34. The summed E-state index contributed by atoms with van der Waals surface area (Å²) in [5, 5.41) is 0. The molecule has 0 N–H and O–H groups in total. The molecule has 0 radical (unpaired) electrons. The quantitative estimate of drug-likeness (QED) is 0.666. The summed E-state index contributed by atoms with van der Waals surface area (Å²) in [5.74, 6) is -8.58. The Hall–Kier alpha value is -1.17. The molecule has 0 spiro atoms. The molecule has 1 aliphatic heterocycles. The first-order valence-electron chi connectivity index (χ1n) is 4.01. The van der Waals surface area contributed by atoms with Crippen molar-refractivity contribution in [3.63, 3.8) is 0 Å². The van der Waals surface area contributed by atoms with E-state index in [-0.39, 0.29) is 0 Å². The van der Waals surface area contributed by atoms with E-state index in [9.17, 15) is 22.0 Å². The maximum atomic E-state index is 13.5. The molecule has 0 aliphatic carbocycles. The van der Waals surface area contributed by atoms with Gasteiger partial charge in [-0.2, -0.15) is 22.0 Å². The van der Waals surface area contributed by atoms with Crippen LogP contribution in [0.1, 0.15) is 5.56 Å². The molecule has 1 unspecified atom stereocenters. The van der Waals surface area contributed by atoms with Crippen LogP contribution in [-0.4, -0.2) is 12.0 Å². The number of hydrogen-bond donors (Lipinski definition) is 0. The van der Waals surface area contributed by atoms with Gasteiger partial charge in [-0.15, -0.1) is 0 Å². The topological polar surface area (TPSA) is 9.23 Å². The van der Waals surface area contributed by atoms with Crippen LogP contribution in [0.25, 0.3) is 0 Å². The van der Waals surface area contributed by atoms with E-state index in [0.29, 0.717) is 0 Å². The highest BCUT2D eigenvalue weighted by Crippen LogP contribution is 2.62. The fourth-order valence-corrected chi connectivity index (χ4v) is 1.34. The predicted octanol–water partition coefficient (Wildman–Crippen LogP) is 3.07. The van der Waals surface area contributed by atoms with E-state index in [0.717, 1.165) is 12.1 Å². The van der Waals surface area contributed by atoms with Crippen LogP contribution in [0.15, 0.2) is 30.3 Å². The van der Waals surface area contributed by atoms with Gasteiger partial charge in [-0.05, 0) is 0 Å². The average Bonchev–Trinajstić information content (AvgIpc) is 2.18. The van der Waals surface area contributed by atoms with E-state index in [2.05, 4.69) is 4.74 Å². The van der Waals surface area contributed by atoms with Crippen LogP contribution in [0.2, 0.25) is 0 Å². The second kappa shape index (κ2) is 2.69. The third kappa shape index (κ3) is 1.11. The highest BCUT2D eigenvalue weighted by Gasteiger charge is 2.85. The number of ether oxygens (including phenoxy) is 1. The van der Waals surface area contributed by atoms with Crippen molar-refractivity contribution in [3.8, 4) is 0 Å². The smallest absolute Gasteiger partial charge is 0.268 e. The summed E-state index contributed by atoms with van der Waals surface area (Å²) in [6.07, 6.45) is -4.75. The number of rotatable bonds is 1. The Balaban J connectivity index is 2.40. The molecule has 0 saturated carbocycles. The minimum absolute atomic E-state index is 0.624. The summed E-state index contributed by atoms with van der Waals surface area (Å²) in [6, 6.07) is 5.88. The Kier molecular flexibility index (Phi) is 1.86. The summed E-state index contributed by atoms with van der Waals surface area (Å²) in [7, 11) is 0. The van der Waals surface area contributed by atoms with Gasteiger partial charge in [0.15, 0.2) is 0 Å². The van der Waals surface area contributed by atoms with Gasteiger partial charge in [-0.1, -0.05) is 30.3 Å². The van der Waals surface area contributed by atoms with E-state index in [1.165, 1.54) is 18.2 Å². The predicted molar refractivity (Wildman–Crippen MR) is 40.2 cm³/mol. The first-order valence-corrected chi connectivity index (χ1v) is 4.01. The van der Waals surface area contributed by atoms with Gasteiger partial charge in [-0.25, -0.2) is 0 Å². The van der Waals surface area contributed by atoms with E-state index >= 15 is 0 Å². The molecule has 15 heavy (non-hydrogen) atoms. The Labute approximate surface area is 81.5 Å². The Morgan fingerprint density at radius 2 is 1.40 bits per heavy atom. The van der Waals surface area contributed by atoms with Crippen molar-refractivity contribution in [2.24, 2.45) is 0 Å². The fraction of sp³-hybridized carbons (Fsp3) is 0.333. The van der Waals surface area contributed by atoms with Crippen molar-refractivity contribution in [1.82, 2.24) is 0 Å². The van der Waals surface area contributed by atoms with Gasteiger partial charge in [0.2, 0.25) is 0 Å². The maximum absolute atomic E-state index is 13.5. The molecule has 6 heteroatoms. The van der Waals surface area contributed by atoms with E-state index in [1.807, 2.05) is 0 Å². The monoisotopic (exact) mass is 224 g/mol. The minimum atomic E-state index is -4.85. The van der Waals surface area contributed by atoms with Crippen molar-refractivity contribution in [2.45, 2.75) is 17.9 Å². The summed E-state index contributed by atoms with van der Waals surface area (Å²) in [6.45, 7) is 0. The lowest BCUT2D eigenvalue weighted by Gasteiger charge is -2.47. The molecule has 1 nitrogen and oxygen atoms in total. The zero-order valence-electron chi connectivity index (χ0n) is 7.18. The van der Waals surface area contributed by atoms with Crippen molar-refractivity contribution in [1.29, 1.82) is 0 Å². The summed E-state index contributed by atoms with van der Waals surface area (Å²) >= 11 is 0. The zero-order valence-corrected chi connectivity index (χ0v) is 7.18. The molecule has 0 aromatic heterocycles. The van der Waals surface area contributed by atoms with E-state index < -0.39 is 23.4 Å². The van der Waals surface area contributed by atoms with Gasteiger partial charge in [0.1, 0.15) is 0 Å². The molecule has 0 bridgehead atoms. The molecule has 1 aromatic rings. The van der Waals surface area contributed by atoms with E-state index in [1.54, 1.807) is 0 Å². The molecule has 1 atom stereocenters. The summed E-state index contributed by atoms with van der Waals surface area (Å²) in [4.78, 5) is 0. The van der Waals surface area contributed by atoms with Crippen molar-refractivity contribution in [3.05, 3.63) is 35.9 Å². The summed E-state index contributed by atoms with van der Waals surface area (Å²) < 4.78 is 67.0. The number of alkyl halides is 5. The lowest BCUT2D eigenvalue weighted by atomic mass is 9.95. The van der Waals surface area contributed by atoms with Crippen molar-refractivity contribution < 1.29 is 26.7 Å². The molecule has 2 rings (SSSR count). The van der Waals surface area contributed by atoms with Crippen LogP contribution >= 0.6 is 0 Å². The Bertz CT molecular complexity index is 377. The molecular formula is C9H5F5O. The van der Waals surface area contributed by atoms with Gasteiger partial charge in [0.05, 0.1) is 0 Å². The summed E-state index contributed by atoms with van der Waals surface area (Å²) in [5.41, 5.74) is -0.624. The van der Waals surface area contributed by atoms with Crippen molar-refractivity contribution in [2.75, 3.05) is 0 Å². The van der Waals surface area contributed by atoms with Crippen LogP contribution in [0.3, 0.4) is 0 Å². The third-order valence-corrected chi connectivity index (χ3v) is 2.18. The first-order chi connectivity index (χ1) is 6.81. The lowest BCUT2D eigenvalue weighted by Crippen LogP contribution is -2.69. The zero-order chi connectivity index (χ0) is 11.3. The SMILES string of the molecule is FC1(F)OC(F)(c2ccccc2)C1(F)F. The number of hydrogen-bond acceptors (Lipinski definition) is 1. The number of benzene rings is 1.